The Kier molecular flexibility index (Phi) is 3.52. The van der Waals surface area contributed by atoms with Gasteiger partial charge in [0.1, 0.15) is 5.82 Å². The first kappa shape index (κ1) is 12.9. The second-order valence-corrected chi connectivity index (χ2v) is 5.22. The van der Waals surface area contributed by atoms with Crippen LogP contribution < -0.4 is 5.32 Å². The number of hydrogen-bond acceptors (Lipinski definition) is 2. The Balaban J connectivity index is 1.82. The van der Waals surface area contributed by atoms with E-state index in [0.29, 0.717) is 5.82 Å². The lowest BCUT2D eigenvalue weighted by atomic mass is 10.1. The van der Waals surface area contributed by atoms with Crippen LogP contribution in [-0.2, 0) is 0 Å². The molecule has 0 spiro atoms. The van der Waals surface area contributed by atoms with E-state index in [2.05, 4.69) is 31.4 Å². The van der Waals surface area contributed by atoms with E-state index >= 15 is 0 Å². The second kappa shape index (κ2) is 5.46. The maximum Gasteiger partial charge on any atom is 0.152 e. The molecule has 2 N–H and O–H groups in total. The number of aromatic nitrogens is 2. The average molecular weight is 332 g/mol. The highest BCUT2D eigenvalue weighted by Crippen LogP contribution is 2.24. The summed E-state index contributed by atoms with van der Waals surface area (Å²) in [6.07, 6.45) is 0. The summed E-state index contributed by atoms with van der Waals surface area (Å²) >= 11 is 3.44. The summed E-state index contributed by atoms with van der Waals surface area (Å²) in [4.78, 5) is 0. The van der Waals surface area contributed by atoms with Gasteiger partial charge in [-0.3, -0.25) is 5.10 Å². The number of halogens is 2. The molecule has 0 atom stereocenters. The quantitative estimate of drug-likeness (QED) is 0.728. The van der Waals surface area contributed by atoms with E-state index in [1.807, 2.05) is 30.3 Å². The third-order valence-electron chi connectivity index (χ3n) is 2.83. The molecule has 20 heavy (non-hydrogen) atoms. The van der Waals surface area contributed by atoms with Gasteiger partial charge in [-0.1, -0.05) is 28.1 Å². The van der Waals surface area contributed by atoms with Gasteiger partial charge >= 0.3 is 0 Å². The number of nitrogens with zero attached hydrogens (tertiary/aromatic N) is 1. The lowest BCUT2D eigenvalue weighted by Crippen LogP contribution is -1.90. The van der Waals surface area contributed by atoms with Crippen LogP contribution in [-0.4, -0.2) is 10.2 Å². The normalized spacial score (nSPS) is 10.5. The van der Waals surface area contributed by atoms with Gasteiger partial charge in [0.25, 0.3) is 0 Å². The second-order valence-electron chi connectivity index (χ2n) is 4.31. The number of hydrogen-bond donors (Lipinski definition) is 2. The molecular weight excluding hydrogens is 321 g/mol. The molecule has 0 amide bonds. The molecule has 0 aliphatic heterocycles. The number of H-pyrrole nitrogens is 1. The Morgan fingerprint density at radius 3 is 2.60 bits per heavy atom. The minimum atomic E-state index is -0.257. The first-order valence-corrected chi connectivity index (χ1v) is 6.84. The summed E-state index contributed by atoms with van der Waals surface area (Å²) in [6, 6.07) is 16.0. The van der Waals surface area contributed by atoms with E-state index in [4.69, 9.17) is 0 Å². The number of anilines is 2. The first-order valence-electron chi connectivity index (χ1n) is 6.05. The lowest BCUT2D eigenvalue weighted by Gasteiger charge is -2.01. The van der Waals surface area contributed by atoms with Crippen molar-refractivity contribution in [3.05, 3.63) is 64.9 Å². The Morgan fingerprint density at radius 2 is 1.85 bits per heavy atom. The Labute approximate surface area is 124 Å². The van der Waals surface area contributed by atoms with Gasteiger partial charge in [-0.05, 0) is 36.4 Å². The molecule has 0 fully saturated rings. The molecule has 2 aromatic carbocycles. The van der Waals surface area contributed by atoms with Crippen LogP contribution in [0.2, 0.25) is 0 Å². The van der Waals surface area contributed by atoms with E-state index in [1.54, 1.807) is 12.1 Å². The summed E-state index contributed by atoms with van der Waals surface area (Å²) in [7, 11) is 0. The van der Waals surface area contributed by atoms with E-state index in [1.165, 1.54) is 12.1 Å². The molecule has 0 aliphatic rings. The molecule has 0 unspecified atom stereocenters. The standard InChI is InChI=1S/C15H11BrFN3/c16-11-3-1-2-10(8-11)14-9-15(20-19-14)18-13-6-4-12(17)5-7-13/h1-9H,(H2,18,19,20). The maximum absolute atomic E-state index is 12.8. The molecule has 3 rings (SSSR count). The van der Waals surface area contributed by atoms with Crippen molar-refractivity contribution in [1.82, 2.24) is 10.2 Å². The van der Waals surface area contributed by atoms with Crippen LogP contribution in [0.5, 0.6) is 0 Å². The van der Waals surface area contributed by atoms with Gasteiger partial charge in [0.15, 0.2) is 5.82 Å². The zero-order chi connectivity index (χ0) is 13.9. The van der Waals surface area contributed by atoms with Crippen LogP contribution in [0.4, 0.5) is 15.9 Å². The monoisotopic (exact) mass is 331 g/mol. The molecule has 5 heteroatoms. The maximum atomic E-state index is 12.8. The lowest BCUT2D eigenvalue weighted by molar-refractivity contribution is 0.628. The summed E-state index contributed by atoms with van der Waals surface area (Å²) < 4.78 is 13.8. The molecule has 1 heterocycles. The van der Waals surface area contributed by atoms with Gasteiger partial charge in [-0.25, -0.2) is 4.39 Å². The Hall–Kier alpha value is -2.14. The van der Waals surface area contributed by atoms with Crippen molar-refractivity contribution in [3.8, 4) is 11.3 Å². The van der Waals surface area contributed by atoms with E-state index in [-0.39, 0.29) is 5.82 Å². The van der Waals surface area contributed by atoms with E-state index in [0.717, 1.165) is 21.4 Å². The highest BCUT2D eigenvalue weighted by molar-refractivity contribution is 9.10. The third-order valence-corrected chi connectivity index (χ3v) is 3.32. The van der Waals surface area contributed by atoms with Crippen molar-refractivity contribution in [2.45, 2.75) is 0 Å². The summed E-state index contributed by atoms with van der Waals surface area (Å²) in [5, 5.41) is 10.3. The Bertz CT molecular complexity index is 722. The molecule has 3 nitrogen and oxygen atoms in total. The molecule has 3 aromatic rings. The minimum absolute atomic E-state index is 0.257. The minimum Gasteiger partial charge on any atom is -0.339 e. The molecule has 0 saturated carbocycles. The Morgan fingerprint density at radius 1 is 1.05 bits per heavy atom. The highest BCUT2D eigenvalue weighted by Gasteiger charge is 2.04. The predicted octanol–water partition coefficient (Wildman–Crippen LogP) is 4.72. The fourth-order valence-electron chi connectivity index (χ4n) is 1.87. The number of rotatable bonds is 3. The van der Waals surface area contributed by atoms with Crippen LogP contribution in [0, 0.1) is 5.82 Å². The number of aromatic amines is 1. The molecule has 0 saturated heterocycles. The van der Waals surface area contributed by atoms with Crippen molar-refractivity contribution >= 4 is 27.4 Å². The van der Waals surface area contributed by atoms with Gasteiger partial charge in [0.2, 0.25) is 0 Å². The van der Waals surface area contributed by atoms with Gasteiger partial charge in [-0.2, -0.15) is 5.10 Å². The molecule has 100 valence electrons. The smallest absolute Gasteiger partial charge is 0.152 e. The summed E-state index contributed by atoms with van der Waals surface area (Å²) in [5.41, 5.74) is 2.74. The van der Waals surface area contributed by atoms with Crippen LogP contribution >= 0.6 is 15.9 Å². The predicted molar refractivity (Wildman–Crippen MR) is 81.4 cm³/mol. The topological polar surface area (TPSA) is 40.7 Å². The van der Waals surface area contributed by atoms with E-state index < -0.39 is 0 Å². The fourth-order valence-corrected chi connectivity index (χ4v) is 2.27. The van der Waals surface area contributed by atoms with Crippen LogP contribution in [0.1, 0.15) is 0 Å². The van der Waals surface area contributed by atoms with Crippen LogP contribution in [0.3, 0.4) is 0 Å². The van der Waals surface area contributed by atoms with Gasteiger partial charge < -0.3 is 5.32 Å². The zero-order valence-corrected chi connectivity index (χ0v) is 12.0. The summed E-state index contributed by atoms with van der Waals surface area (Å²) in [5.74, 6) is 0.430. The van der Waals surface area contributed by atoms with Crippen LogP contribution in [0.25, 0.3) is 11.3 Å². The first-order chi connectivity index (χ1) is 9.70. The largest absolute Gasteiger partial charge is 0.339 e. The van der Waals surface area contributed by atoms with Crippen molar-refractivity contribution < 1.29 is 4.39 Å². The van der Waals surface area contributed by atoms with Gasteiger partial charge in [0.05, 0.1) is 5.69 Å². The van der Waals surface area contributed by atoms with Gasteiger partial charge in [-0.15, -0.1) is 0 Å². The fraction of sp³-hybridized carbons (Fsp3) is 0. The van der Waals surface area contributed by atoms with Crippen molar-refractivity contribution in [2.24, 2.45) is 0 Å². The highest BCUT2D eigenvalue weighted by atomic mass is 79.9. The van der Waals surface area contributed by atoms with Crippen LogP contribution in [0.15, 0.2) is 59.1 Å². The summed E-state index contributed by atoms with van der Waals surface area (Å²) in [6.45, 7) is 0. The molecular formula is C15H11BrFN3. The van der Waals surface area contributed by atoms with Crippen molar-refractivity contribution in [1.29, 1.82) is 0 Å². The average Bonchev–Trinajstić information content (AvgIpc) is 2.90. The van der Waals surface area contributed by atoms with Crippen molar-refractivity contribution in [3.63, 3.8) is 0 Å². The molecule has 0 bridgehead atoms. The number of nitrogens with one attached hydrogen (secondary N) is 2. The zero-order valence-electron chi connectivity index (χ0n) is 10.4. The third kappa shape index (κ3) is 2.88. The molecule has 0 aliphatic carbocycles. The molecule has 0 radical (unpaired) electrons. The van der Waals surface area contributed by atoms with Crippen molar-refractivity contribution in [2.75, 3.05) is 5.32 Å². The SMILES string of the molecule is Fc1ccc(Nc2cc(-c3cccc(Br)c3)[nH]n2)cc1. The number of benzene rings is 2. The molecule has 1 aromatic heterocycles. The van der Waals surface area contributed by atoms with E-state index in [9.17, 15) is 4.39 Å². The van der Waals surface area contributed by atoms with Gasteiger partial charge in [0, 0.05) is 21.8 Å².